The summed E-state index contributed by atoms with van der Waals surface area (Å²) in [6.45, 7) is 0. The number of nitrogens with zero attached hydrogens (tertiary/aromatic N) is 2. The fourth-order valence-electron chi connectivity index (χ4n) is 2.26. The first-order valence-electron chi connectivity index (χ1n) is 6.40. The van der Waals surface area contributed by atoms with E-state index in [1.54, 1.807) is 0 Å². The molecule has 1 aromatic heterocycles. The molecular weight excluding hydrogens is 246 g/mol. The Morgan fingerprint density at radius 3 is 2.70 bits per heavy atom. The van der Waals surface area contributed by atoms with Crippen LogP contribution in [0, 0.1) is 11.3 Å². The summed E-state index contributed by atoms with van der Waals surface area (Å²) in [7, 11) is 1.88. The Morgan fingerprint density at radius 1 is 1.05 bits per heavy atom. The fourth-order valence-corrected chi connectivity index (χ4v) is 2.26. The Labute approximate surface area is 117 Å². The summed E-state index contributed by atoms with van der Waals surface area (Å²) in [6, 6.07) is 20.0. The van der Waals surface area contributed by atoms with Gasteiger partial charge in [-0.05, 0) is 29.8 Å². The molecule has 0 bridgehead atoms. The maximum absolute atomic E-state index is 9.34. The van der Waals surface area contributed by atoms with Crippen LogP contribution in [0.5, 0.6) is 0 Å². The third-order valence-electron chi connectivity index (χ3n) is 3.29. The van der Waals surface area contributed by atoms with Crippen LogP contribution in [0.15, 0.2) is 54.6 Å². The van der Waals surface area contributed by atoms with Gasteiger partial charge in [0.05, 0.1) is 5.52 Å². The van der Waals surface area contributed by atoms with Crippen LogP contribution in [-0.2, 0) is 0 Å². The Kier molecular flexibility index (Phi) is 3.06. The quantitative estimate of drug-likeness (QED) is 0.761. The minimum atomic E-state index is 0.456. The van der Waals surface area contributed by atoms with Gasteiger partial charge in [-0.1, -0.05) is 30.3 Å². The molecular formula is C17H13N3. The van der Waals surface area contributed by atoms with Gasteiger partial charge in [0, 0.05) is 23.7 Å². The second-order valence-corrected chi connectivity index (χ2v) is 4.52. The minimum Gasteiger partial charge on any atom is -0.388 e. The van der Waals surface area contributed by atoms with Gasteiger partial charge in [-0.3, -0.25) is 0 Å². The number of fused-ring (bicyclic) bond motifs is 1. The second-order valence-electron chi connectivity index (χ2n) is 4.52. The monoisotopic (exact) mass is 259 g/mol. The van der Waals surface area contributed by atoms with Gasteiger partial charge in [0.1, 0.15) is 11.8 Å². The number of hydrogen-bond acceptors (Lipinski definition) is 3. The predicted octanol–water partition coefficient (Wildman–Crippen LogP) is 3.82. The van der Waals surface area contributed by atoms with Gasteiger partial charge in [0.2, 0.25) is 0 Å². The van der Waals surface area contributed by atoms with Crippen molar-refractivity contribution in [2.45, 2.75) is 0 Å². The van der Waals surface area contributed by atoms with Gasteiger partial charge < -0.3 is 5.32 Å². The number of pyridine rings is 1. The lowest BCUT2D eigenvalue weighted by atomic mass is 10.0. The van der Waals surface area contributed by atoms with Crippen LogP contribution < -0.4 is 5.32 Å². The van der Waals surface area contributed by atoms with Crippen molar-refractivity contribution in [3.05, 3.63) is 60.3 Å². The number of benzene rings is 2. The molecule has 0 saturated heterocycles. The summed E-state index contributed by atoms with van der Waals surface area (Å²) in [4.78, 5) is 4.44. The van der Waals surface area contributed by atoms with Crippen LogP contribution in [0.1, 0.15) is 5.69 Å². The van der Waals surface area contributed by atoms with Gasteiger partial charge >= 0.3 is 0 Å². The maximum Gasteiger partial charge on any atom is 0.149 e. The highest BCUT2D eigenvalue weighted by Gasteiger charge is 2.09. The standard InChI is InChI=1S/C17H13N3/c1-19-14-7-4-6-12(9-14)15-10-13-5-2-3-8-16(13)20-17(15)11-18/h2-10,19H,1H3. The zero-order valence-electron chi connectivity index (χ0n) is 11.1. The normalized spacial score (nSPS) is 10.2. The van der Waals surface area contributed by atoms with E-state index < -0.39 is 0 Å². The van der Waals surface area contributed by atoms with Crippen molar-refractivity contribution < 1.29 is 0 Å². The molecule has 0 radical (unpaired) electrons. The molecule has 0 fully saturated rings. The number of rotatable bonds is 2. The van der Waals surface area contributed by atoms with Crippen LogP contribution in [0.3, 0.4) is 0 Å². The molecule has 3 heteroatoms. The zero-order valence-corrected chi connectivity index (χ0v) is 11.1. The molecule has 0 aliphatic heterocycles. The van der Waals surface area contributed by atoms with Crippen LogP contribution in [0.4, 0.5) is 5.69 Å². The van der Waals surface area contributed by atoms with E-state index >= 15 is 0 Å². The number of nitriles is 1. The molecule has 0 spiro atoms. The van der Waals surface area contributed by atoms with E-state index in [4.69, 9.17) is 0 Å². The zero-order chi connectivity index (χ0) is 13.9. The van der Waals surface area contributed by atoms with Crippen LogP contribution in [0.2, 0.25) is 0 Å². The number of para-hydroxylation sites is 1. The second kappa shape index (κ2) is 5.02. The average Bonchev–Trinajstić information content (AvgIpc) is 2.53. The van der Waals surface area contributed by atoms with Crippen LogP contribution >= 0.6 is 0 Å². The molecule has 20 heavy (non-hydrogen) atoms. The number of nitrogens with one attached hydrogen (secondary N) is 1. The Balaban J connectivity index is 2.26. The van der Waals surface area contributed by atoms with E-state index in [0.29, 0.717) is 5.69 Å². The lowest BCUT2D eigenvalue weighted by Crippen LogP contribution is -1.92. The molecule has 96 valence electrons. The maximum atomic E-state index is 9.34. The highest BCUT2D eigenvalue weighted by atomic mass is 14.8. The topological polar surface area (TPSA) is 48.7 Å². The summed E-state index contributed by atoms with van der Waals surface area (Å²) >= 11 is 0. The molecule has 3 rings (SSSR count). The van der Waals surface area contributed by atoms with Crippen LogP contribution in [0.25, 0.3) is 22.0 Å². The van der Waals surface area contributed by atoms with Crippen molar-refractivity contribution in [3.63, 3.8) is 0 Å². The van der Waals surface area contributed by atoms with E-state index in [0.717, 1.165) is 27.7 Å². The smallest absolute Gasteiger partial charge is 0.149 e. The summed E-state index contributed by atoms with van der Waals surface area (Å²) in [6.07, 6.45) is 0. The van der Waals surface area contributed by atoms with Gasteiger partial charge in [-0.2, -0.15) is 5.26 Å². The molecule has 3 aromatic rings. The van der Waals surface area contributed by atoms with Crippen molar-refractivity contribution in [2.75, 3.05) is 12.4 Å². The third kappa shape index (κ3) is 2.08. The lowest BCUT2D eigenvalue weighted by Gasteiger charge is -2.08. The fraction of sp³-hybridized carbons (Fsp3) is 0.0588. The highest BCUT2D eigenvalue weighted by molar-refractivity contribution is 5.86. The van der Waals surface area contributed by atoms with E-state index in [-0.39, 0.29) is 0 Å². The van der Waals surface area contributed by atoms with E-state index in [1.165, 1.54) is 0 Å². The van der Waals surface area contributed by atoms with Crippen molar-refractivity contribution >= 4 is 16.6 Å². The van der Waals surface area contributed by atoms with Crippen molar-refractivity contribution in [1.29, 1.82) is 5.26 Å². The molecule has 3 nitrogen and oxygen atoms in total. The molecule has 0 aliphatic rings. The largest absolute Gasteiger partial charge is 0.388 e. The summed E-state index contributed by atoms with van der Waals surface area (Å²) in [5.41, 5.74) is 4.17. The average molecular weight is 259 g/mol. The van der Waals surface area contributed by atoms with Gasteiger partial charge in [-0.25, -0.2) is 4.98 Å². The molecule has 1 heterocycles. The molecule has 0 saturated carbocycles. The molecule has 0 amide bonds. The highest BCUT2D eigenvalue weighted by Crippen LogP contribution is 2.28. The van der Waals surface area contributed by atoms with E-state index in [2.05, 4.69) is 16.4 Å². The Bertz CT molecular complexity index is 816. The Hall–Kier alpha value is -2.86. The van der Waals surface area contributed by atoms with Crippen LogP contribution in [-0.4, -0.2) is 12.0 Å². The predicted molar refractivity (Wildman–Crippen MR) is 81.4 cm³/mol. The SMILES string of the molecule is CNc1cccc(-c2cc3ccccc3nc2C#N)c1. The molecule has 0 unspecified atom stereocenters. The summed E-state index contributed by atoms with van der Waals surface area (Å²) < 4.78 is 0. The number of hydrogen-bond donors (Lipinski definition) is 1. The first-order chi connectivity index (χ1) is 9.81. The lowest BCUT2D eigenvalue weighted by molar-refractivity contribution is 1.32. The number of aromatic nitrogens is 1. The van der Waals surface area contributed by atoms with Gasteiger partial charge in [0.15, 0.2) is 0 Å². The summed E-state index contributed by atoms with van der Waals surface area (Å²) in [5.74, 6) is 0. The molecule has 0 aliphatic carbocycles. The third-order valence-corrected chi connectivity index (χ3v) is 3.29. The van der Waals surface area contributed by atoms with E-state index in [9.17, 15) is 5.26 Å². The van der Waals surface area contributed by atoms with Gasteiger partial charge in [0.25, 0.3) is 0 Å². The van der Waals surface area contributed by atoms with Gasteiger partial charge in [-0.15, -0.1) is 0 Å². The first-order valence-corrected chi connectivity index (χ1v) is 6.40. The van der Waals surface area contributed by atoms with Crippen molar-refractivity contribution in [3.8, 4) is 17.2 Å². The van der Waals surface area contributed by atoms with Crippen molar-refractivity contribution in [1.82, 2.24) is 4.98 Å². The molecule has 2 aromatic carbocycles. The molecule has 1 N–H and O–H groups in total. The Morgan fingerprint density at radius 2 is 1.90 bits per heavy atom. The number of anilines is 1. The molecule has 0 atom stereocenters. The first kappa shape index (κ1) is 12.2. The summed E-state index contributed by atoms with van der Waals surface area (Å²) in [5, 5.41) is 13.5. The van der Waals surface area contributed by atoms with E-state index in [1.807, 2.05) is 61.6 Å². The van der Waals surface area contributed by atoms with Crippen molar-refractivity contribution in [2.24, 2.45) is 0 Å². The minimum absolute atomic E-state index is 0.456.